The Hall–Kier alpha value is -4.06. The number of imide groups is 1. The smallest absolute Gasteiger partial charge is 0.349 e. The van der Waals surface area contributed by atoms with Crippen LogP contribution in [0.1, 0.15) is 30.3 Å². The van der Waals surface area contributed by atoms with Gasteiger partial charge in [-0.05, 0) is 62.2 Å². The summed E-state index contributed by atoms with van der Waals surface area (Å²) < 4.78 is 12.0. The lowest BCUT2D eigenvalue weighted by Crippen LogP contribution is -2.41. The molecule has 0 saturated carbocycles. The van der Waals surface area contributed by atoms with Crippen molar-refractivity contribution in [1.29, 1.82) is 5.26 Å². The van der Waals surface area contributed by atoms with Crippen LogP contribution in [0.25, 0.3) is 11.8 Å². The van der Waals surface area contributed by atoms with Gasteiger partial charge in [0.25, 0.3) is 5.91 Å². The highest BCUT2D eigenvalue weighted by molar-refractivity contribution is 6.00. The summed E-state index contributed by atoms with van der Waals surface area (Å²) in [6.07, 6.45) is 2.13. The quantitative estimate of drug-likeness (QED) is 0.371. The number of ether oxygens (including phenoxy) is 2. The zero-order valence-electron chi connectivity index (χ0n) is 18.5. The first kappa shape index (κ1) is 24.2. The summed E-state index contributed by atoms with van der Waals surface area (Å²) in [5.74, 6) is -1.01. The number of hydrogen-bond donors (Lipinski definition) is 2. The van der Waals surface area contributed by atoms with Crippen LogP contribution in [0.5, 0.6) is 5.75 Å². The number of urea groups is 1. The van der Waals surface area contributed by atoms with Gasteiger partial charge in [-0.3, -0.25) is 10.1 Å². The third-order valence-corrected chi connectivity index (χ3v) is 4.56. The fourth-order valence-corrected chi connectivity index (χ4v) is 3.01. The van der Waals surface area contributed by atoms with E-state index in [1.165, 1.54) is 6.08 Å². The summed E-state index contributed by atoms with van der Waals surface area (Å²) in [6.45, 7) is 5.38. The van der Waals surface area contributed by atoms with E-state index in [0.717, 1.165) is 22.8 Å². The minimum Gasteiger partial charge on any atom is -0.497 e. The number of esters is 1. The fourth-order valence-electron chi connectivity index (χ4n) is 3.01. The van der Waals surface area contributed by atoms with Gasteiger partial charge in [-0.15, -0.1) is 0 Å². The van der Waals surface area contributed by atoms with Crippen LogP contribution < -0.4 is 15.4 Å². The second kappa shape index (κ2) is 11.4. The van der Waals surface area contributed by atoms with Crippen LogP contribution in [0, 0.1) is 25.2 Å². The Morgan fingerprint density at radius 1 is 1.19 bits per heavy atom. The largest absolute Gasteiger partial charge is 0.497 e. The first-order chi connectivity index (χ1) is 15.3. The molecule has 2 N–H and O–H groups in total. The van der Waals surface area contributed by atoms with Crippen molar-refractivity contribution >= 4 is 24.0 Å². The molecule has 9 heteroatoms. The number of carbonyl (C=O) groups is 3. The van der Waals surface area contributed by atoms with Crippen LogP contribution in [0.2, 0.25) is 0 Å². The molecule has 2 rings (SSSR count). The van der Waals surface area contributed by atoms with E-state index in [4.69, 9.17) is 9.47 Å². The first-order valence-electron chi connectivity index (χ1n) is 10.0. The van der Waals surface area contributed by atoms with Crippen molar-refractivity contribution in [2.24, 2.45) is 0 Å². The molecule has 0 aliphatic rings. The molecule has 9 nitrogen and oxygen atoms in total. The molecule has 3 amide bonds. The van der Waals surface area contributed by atoms with Gasteiger partial charge in [0.15, 0.2) is 6.61 Å². The standard InChI is InChI=1S/C23H26N4O5/c1-5-10-25-23(30)26-21(28)14-32-22(29)18(13-24)12-17-11-15(2)27(16(17)3)19-6-8-20(31-4)9-7-19/h6-9,11-12H,5,10,14H2,1-4H3,(H2,25,26,28,30)/b18-12+. The summed E-state index contributed by atoms with van der Waals surface area (Å²) in [6, 6.07) is 10.5. The summed E-state index contributed by atoms with van der Waals surface area (Å²) >= 11 is 0. The van der Waals surface area contributed by atoms with E-state index in [-0.39, 0.29) is 5.57 Å². The average Bonchev–Trinajstić information content (AvgIpc) is 3.07. The predicted molar refractivity (Wildman–Crippen MR) is 118 cm³/mol. The van der Waals surface area contributed by atoms with E-state index in [9.17, 15) is 19.6 Å². The van der Waals surface area contributed by atoms with Crippen LogP contribution in [-0.4, -0.2) is 42.7 Å². The van der Waals surface area contributed by atoms with Gasteiger partial charge >= 0.3 is 12.0 Å². The van der Waals surface area contributed by atoms with Crippen LogP contribution >= 0.6 is 0 Å². The van der Waals surface area contributed by atoms with Gasteiger partial charge in [0.1, 0.15) is 17.4 Å². The number of aryl methyl sites for hydroxylation is 1. The van der Waals surface area contributed by atoms with Gasteiger partial charge in [0, 0.05) is 23.6 Å². The zero-order valence-corrected chi connectivity index (χ0v) is 18.5. The van der Waals surface area contributed by atoms with Gasteiger partial charge in [-0.1, -0.05) is 6.92 Å². The molecular weight excluding hydrogens is 412 g/mol. The number of hydrogen-bond acceptors (Lipinski definition) is 6. The van der Waals surface area contributed by atoms with E-state index < -0.39 is 24.5 Å². The average molecular weight is 438 g/mol. The van der Waals surface area contributed by atoms with Crippen LogP contribution in [0.3, 0.4) is 0 Å². The van der Waals surface area contributed by atoms with Crippen molar-refractivity contribution < 1.29 is 23.9 Å². The van der Waals surface area contributed by atoms with Crippen LogP contribution in [0.4, 0.5) is 4.79 Å². The summed E-state index contributed by atoms with van der Waals surface area (Å²) in [5, 5.41) is 13.9. The van der Waals surface area contributed by atoms with E-state index in [1.54, 1.807) is 13.2 Å². The maximum absolute atomic E-state index is 12.3. The van der Waals surface area contributed by atoms with E-state index >= 15 is 0 Å². The monoisotopic (exact) mass is 438 g/mol. The van der Waals surface area contributed by atoms with E-state index in [1.807, 2.05) is 61.0 Å². The second-order valence-electron chi connectivity index (χ2n) is 6.91. The molecule has 0 aliphatic carbocycles. The summed E-state index contributed by atoms with van der Waals surface area (Å²) in [7, 11) is 1.59. The molecular formula is C23H26N4O5. The van der Waals surface area contributed by atoms with E-state index in [0.29, 0.717) is 18.5 Å². The number of aromatic nitrogens is 1. The normalized spacial score (nSPS) is 10.8. The third kappa shape index (κ3) is 6.22. The third-order valence-electron chi connectivity index (χ3n) is 4.56. The number of rotatable bonds is 8. The number of nitriles is 1. The van der Waals surface area contributed by atoms with Crippen molar-refractivity contribution in [2.45, 2.75) is 27.2 Å². The minimum absolute atomic E-state index is 0.261. The molecule has 168 valence electrons. The Balaban J connectivity index is 2.12. The Kier molecular flexibility index (Phi) is 8.60. The van der Waals surface area contributed by atoms with Crippen LogP contribution in [0.15, 0.2) is 35.9 Å². The molecule has 1 heterocycles. The number of nitrogens with one attached hydrogen (secondary N) is 2. The molecule has 0 saturated heterocycles. The van der Waals surface area contributed by atoms with Crippen molar-refractivity contribution in [1.82, 2.24) is 15.2 Å². The number of benzene rings is 1. The summed E-state index contributed by atoms with van der Waals surface area (Å²) in [5.41, 5.74) is 3.03. The molecule has 1 aromatic heterocycles. The van der Waals surface area contributed by atoms with Gasteiger partial charge in [0.2, 0.25) is 0 Å². The maximum atomic E-state index is 12.3. The number of nitrogens with zero attached hydrogens (tertiary/aromatic N) is 2. The van der Waals surface area contributed by atoms with Crippen molar-refractivity contribution in [3.05, 3.63) is 52.9 Å². The molecule has 0 unspecified atom stereocenters. The molecule has 0 spiro atoms. The Morgan fingerprint density at radius 3 is 2.47 bits per heavy atom. The first-order valence-corrected chi connectivity index (χ1v) is 10.0. The lowest BCUT2D eigenvalue weighted by Gasteiger charge is -2.10. The molecule has 0 bridgehead atoms. The predicted octanol–water partition coefficient (Wildman–Crippen LogP) is 2.79. The number of methoxy groups -OCH3 is 1. The highest BCUT2D eigenvalue weighted by Crippen LogP contribution is 2.24. The minimum atomic E-state index is -0.953. The zero-order chi connectivity index (χ0) is 23.7. The van der Waals surface area contributed by atoms with Crippen molar-refractivity contribution in [3.8, 4) is 17.5 Å². The maximum Gasteiger partial charge on any atom is 0.349 e. The molecule has 0 atom stereocenters. The van der Waals surface area contributed by atoms with Gasteiger partial charge in [-0.2, -0.15) is 5.26 Å². The molecule has 2 aromatic rings. The fraction of sp³-hybridized carbons (Fsp3) is 0.304. The van der Waals surface area contributed by atoms with E-state index in [2.05, 4.69) is 5.32 Å². The summed E-state index contributed by atoms with van der Waals surface area (Å²) in [4.78, 5) is 35.5. The molecule has 0 radical (unpaired) electrons. The van der Waals surface area contributed by atoms with Crippen LogP contribution in [-0.2, 0) is 14.3 Å². The van der Waals surface area contributed by atoms with Gasteiger partial charge in [0.05, 0.1) is 7.11 Å². The Labute approximate surface area is 186 Å². The lowest BCUT2D eigenvalue weighted by molar-refractivity contribution is -0.144. The van der Waals surface area contributed by atoms with Crippen molar-refractivity contribution in [2.75, 3.05) is 20.3 Å². The lowest BCUT2D eigenvalue weighted by atomic mass is 10.1. The second-order valence-corrected chi connectivity index (χ2v) is 6.91. The highest BCUT2D eigenvalue weighted by atomic mass is 16.5. The molecule has 1 aromatic carbocycles. The Morgan fingerprint density at radius 2 is 1.88 bits per heavy atom. The topological polar surface area (TPSA) is 122 Å². The number of carbonyl (C=O) groups excluding carboxylic acids is 3. The van der Waals surface area contributed by atoms with Crippen molar-refractivity contribution in [3.63, 3.8) is 0 Å². The SMILES string of the molecule is CCCNC(=O)NC(=O)COC(=O)/C(C#N)=C/c1cc(C)n(-c2ccc(OC)cc2)c1C. The van der Waals surface area contributed by atoms with Gasteiger partial charge in [-0.25, -0.2) is 9.59 Å². The number of amides is 3. The molecule has 0 fully saturated rings. The molecule has 0 aliphatic heterocycles. The highest BCUT2D eigenvalue weighted by Gasteiger charge is 2.17. The Bertz CT molecular complexity index is 1060. The van der Waals surface area contributed by atoms with Gasteiger partial charge < -0.3 is 19.4 Å². The molecule has 32 heavy (non-hydrogen) atoms.